The molecule has 1 aliphatic rings. The predicted molar refractivity (Wildman–Crippen MR) is 70.4 cm³/mol. The quantitative estimate of drug-likeness (QED) is 0.832. The van der Waals surface area contributed by atoms with E-state index in [0.717, 1.165) is 31.3 Å². The van der Waals surface area contributed by atoms with Crippen LogP contribution in [0.4, 0.5) is 8.78 Å². The molecular formula is C14H15F2NO5. The van der Waals surface area contributed by atoms with Crippen molar-refractivity contribution in [2.75, 3.05) is 20.8 Å². The first-order valence-electron chi connectivity index (χ1n) is 6.49. The number of rotatable bonds is 3. The maximum Gasteiger partial charge on any atom is 0.328 e. The van der Waals surface area contributed by atoms with Crippen LogP contribution in [0.3, 0.4) is 0 Å². The normalized spacial score (nSPS) is 20.9. The minimum atomic E-state index is -1.16. The lowest BCUT2D eigenvalue weighted by Crippen LogP contribution is -2.41. The average molecular weight is 315 g/mol. The monoisotopic (exact) mass is 315 g/mol. The van der Waals surface area contributed by atoms with Gasteiger partial charge in [0.15, 0.2) is 17.4 Å². The molecule has 0 spiro atoms. The second kappa shape index (κ2) is 6.27. The number of halogens is 2. The molecule has 0 aliphatic carbocycles. The van der Waals surface area contributed by atoms with Crippen molar-refractivity contribution in [1.82, 2.24) is 4.90 Å². The van der Waals surface area contributed by atoms with Crippen LogP contribution in [0.5, 0.6) is 5.75 Å². The number of ether oxygens (including phenoxy) is 2. The van der Waals surface area contributed by atoms with Gasteiger partial charge in [0, 0.05) is 13.0 Å². The van der Waals surface area contributed by atoms with Crippen LogP contribution in [0.15, 0.2) is 12.1 Å². The molecule has 0 unspecified atom stereocenters. The molecule has 1 aliphatic heterocycles. The maximum absolute atomic E-state index is 14.2. The predicted octanol–water partition coefficient (Wildman–Crippen LogP) is 0.722. The Kier molecular flexibility index (Phi) is 4.60. The number of aliphatic hydroxyl groups is 1. The van der Waals surface area contributed by atoms with Crippen LogP contribution in [-0.4, -0.2) is 54.8 Å². The van der Waals surface area contributed by atoms with E-state index in [1.807, 2.05) is 0 Å². The molecule has 1 fully saturated rings. The molecule has 0 bridgehead atoms. The number of hydrogen-bond donors (Lipinski definition) is 1. The van der Waals surface area contributed by atoms with E-state index < -0.39 is 47.0 Å². The van der Waals surface area contributed by atoms with Gasteiger partial charge in [-0.25, -0.2) is 13.6 Å². The van der Waals surface area contributed by atoms with Crippen molar-refractivity contribution in [2.45, 2.75) is 18.6 Å². The molecule has 2 atom stereocenters. The molecule has 0 radical (unpaired) electrons. The molecule has 120 valence electrons. The largest absolute Gasteiger partial charge is 0.491 e. The van der Waals surface area contributed by atoms with Crippen LogP contribution < -0.4 is 4.74 Å². The number of methoxy groups -OCH3 is 2. The molecule has 1 aromatic rings. The van der Waals surface area contributed by atoms with Gasteiger partial charge in [-0.05, 0) is 12.1 Å². The van der Waals surface area contributed by atoms with E-state index in [-0.39, 0.29) is 13.0 Å². The Morgan fingerprint density at radius 3 is 2.59 bits per heavy atom. The first-order chi connectivity index (χ1) is 10.4. The summed E-state index contributed by atoms with van der Waals surface area (Å²) in [5.41, 5.74) is -0.443. The number of carbonyl (C=O) groups excluding carboxylic acids is 2. The topological polar surface area (TPSA) is 76.1 Å². The molecule has 0 saturated carbocycles. The van der Waals surface area contributed by atoms with E-state index in [9.17, 15) is 23.5 Å². The minimum absolute atomic E-state index is 0.00163. The average Bonchev–Trinajstić information content (AvgIpc) is 2.88. The lowest BCUT2D eigenvalue weighted by Gasteiger charge is -2.22. The van der Waals surface area contributed by atoms with Gasteiger partial charge in [0.05, 0.1) is 25.9 Å². The summed E-state index contributed by atoms with van der Waals surface area (Å²) in [5.74, 6) is -4.33. The first-order valence-corrected chi connectivity index (χ1v) is 6.49. The molecule has 2 rings (SSSR count). The summed E-state index contributed by atoms with van der Waals surface area (Å²) in [4.78, 5) is 25.1. The highest BCUT2D eigenvalue weighted by Crippen LogP contribution is 2.28. The number of esters is 1. The molecule has 1 N–H and O–H groups in total. The fraction of sp³-hybridized carbons (Fsp3) is 0.429. The second-order valence-electron chi connectivity index (χ2n) is 4.83. The summed E-state index contributed by atoms with van der Waals surface area (Å²) in [6, 6.07) is 0.853. The number of nitrogens with zero attached hydrogens (tertiary/aromatic N) is 1. The summed E-state index contributed by atoms with van der Waals surface area (Å²) in [7, 11) is 2.23. The Balaban J connectivity index is 2.37. The van der Waals surface area contributed by atoms with Crippen LogP contribution in [-0.2, 0) is 9.53 Å². The van der Waals surface area contributed by atoms with E-state index in [1.165, 1.54) is 0 Å². The van der Waals surface area contributed by atoms with Crippen molar-refractivity contribution in [3.05, 3.63) is 29.3 Å². The highest BCUT2D eigenvalue weighted by atomic mass is 19.1. The Hall–Kier alpha value is -2.22. The van der Waals surface area contributed by atoms with Crippen molar-refractivity contribution < 1.29 is 33.0 Å². The van der Waals surface area contributed by atoms with Gasteiger partial charge in [0.25, 0.3) is 5.91 Å². The molecular weight excluding hydrogens is 300 g/mol. The van der Waals surface area contributed by atoms with Crippen molar-refractivity contribution in [1.29, 1.82) is 0 Å². The van der Waals surface area contributed by atoms with Gasteiger partial charge in [0.1, 0.15) is 6.04 Å². The number of β-amino-alcohol motifs (C(OH)–C–C–N with tert-alkyl or cyclic N) is 1. The summed E-state index contributed by atoms with van der Waals surface area (Å²) in [6.07, 6.45) is -0.920. The number of benzene rings is 1. The molecule has 0 aromatic heterocycles. The fourth-order valence-electron chi connectivity index (χ4n) is 2.44. The first kappa shape index (κ1) is 16.2. The maximum atomic E-state index is 14.2. The number of carbonyl (C=O) groups is 2. The summed E-state index contributed by atoms with van der Waals surface area (Å²) in [5, 5.41) is 9.64. The fourth-order valence-corrected chi connectivity index (χ4v) is 2.44. The molecule has 1 aromatic carbocycles. The van der Waals surface area contributed by atoms with Crippen molar-refractivity contribution in [2.24, 2.45) is 0 Å². The van der Waals surface area contributed by atoms with Gasteiger partial charge in [-0.1, -0.05) is 0 Å². The minimum Gasteiger partial charge on any atom is -0.491 e. The van der Waals surface area contributed by atoms with Crippen molar-refractivity contribution in [3.8, 4) is 5.75 Å². The smallest absolute Gasteiger partial charge is 0.328 e. The van der Waals surface area contributed by atoms with Gasteiger partial charge in [-0.2, -0.15) is 0 Å². The molecule has 8 heteroatoms. The van der Waals surface area contributed by atoms with Crippen LogP contribution in [0.2, 0.25) is 0 Å². The Morgan fingerprint density at radius 2 is 2.00 bits per heavy atom. The van der Waals surface area contributed by atoms with Crippen LogP contribution in [0, 0.1) is 11.6 Å². The number of hydrogen-bond acceptors (Lipinski definition) is 5. The van der Waals surface area contributed by atoms with E-state index in [1.54, 1.807) is 0 Å². The third-order valence-corrected chi connectivity index (χ3v) is 3.50. The SMILES string of the molecule is COC(=O)[C@@H]1C[C@@H](O)CN1C(=O)c1ccc(F)c(OC)c1F. The van der Waals surface area contributed by atoms with E-state index >= 15 is 0 Å². The van der Waals surface area contributed by atoms with E-state index in [2.05, 4.69) is 9.47 Å². The second-order valence-corrected chi connectivity index (χ2v) is 4.83. The van der Waals surface area contributed by atoms with Crippen molar-refractivity contribution in [3.63, 3.8) is 0 Å². The van der Waals surface area contributed by atoms with Crippen LogP contribution in [0.1, 0.15) is 16.8 Å². The van der Waals surface area contributed by atoms with Gasteiger partial charge in [-0.15, -0.1) is 0 Å². The van der Waals surface area contributed by atoms with Crippen LogP contribution >= 0.6 is 0 Å². The van der Waals surface area contributed by atoms with Gasteiger partial charge in [0.2, 0.25) is 0 Å². The molecule has 6 nitrogen and oxygen atoms in total. The summed E-state index contributed by atoms with van der Waals surface area (Å²) in [6.45, 7) is -0.141. The van der Waals surface area contributed by atoms with E-state index in [0.29, 0.717) is 0 Å². The molecule has 1 saturated heterocycles. The van der Waals surface area contributed by atoms with Gasteiger partial charge < -0.3 is 19.5 Å². The third kappa shape index (κ3) is 2.74. The lowest BCUT2D eigenvalue weighted by molar-refractivity contribution is -0.145. The number of aliphatic hydroxyl groups excluding tert-OH is 1. The molecule has 22 heavy (non-hydrogen) atoms. The van der Waals surface area contributed by atoms with Crippen molar-refractivity contribution >= 4 is 11.9 Å². The highest BCUT2D eigenvalue weighted by Gasteiger charge is 2.41. The van der Waals surface area contributed by atoms with Crippen LogP contribution in [0.25, 0.3) is 0 Å². The molecule has 1 heterocycles. The van der Waals surface area contributed by atoms with Gasteiger partial charge in [-0.3, -0.25) is 4.79 Å². The summed E-state index contributed by atoms with van der Waals surface area (Å²) >= 11 is 0. The number of amides is 1. The third-order valence-electron chi connectivity index (χ3n) is 3.50. The zero-order valence-electron chi connectivity index (χ0n) is 12.0. The van der Waals surface area contributed by atoms with Gasteiger partial charge >= 0.3 is 5.97 Å². The zero-order chi connectivity index (χ0) is 16.4. The summed E-state index contributed by atoms with van der Waals surface area (Å²) < 4.78 is 36.7. The van der Waals surface area contributed by atoms with E-state index in [4.69, 9.17) is 0 Å². The zero-order valence-corrected chi connectivity index (χ0v) is 12.0. The Morgan fingerprint density at radius 1 is 1.32 bits per heavy atom. The lowest BCUT2D eigenvalue weighted by atomic mass is 10.1. The highest BCUT2D eigenvalue weighted by molar-refractivity contribution is 5.97. The number of likely N-dealkylation sites (tertiary alicyclic amines) is 1. The Bertz CT molecular complexity index is 607. The Labute approximate surface area is 125 Å². The standard InChI is InChI=1S/C14H15F2NO5/c1-21-12-9(15)4-3-8(11(12)16)13(19)17-6-7(18)5-10(17)14(20)22-2/h3-4,7,10,18H,5-6H2,1-2H3/t7-,10+/m1/s1. The molecule has 1 amide bonds.